The normalized spacial score (nSPS) is 11.8. The molecule has 0 amide bonds. The van der Waals surface area contributed by atoms with E-state index in [1.165, 1.54) is 6.20 Å². The maximum atomic E-state index is 8.87. The number of thioether (sulfide) groups is 1. The highest BCUT2D eigenvalue weighted by atomic mass is 32.2. The fourth-order valence-electron chi connectivity index (χ4n) is 1.18. The lowest BCUT2D eigenvalue weighted by molar-refractivity contribution is 0.764. The van der Waals surface area contributed by atoms with E-state index in [4.69, 9.17) is 5.26 Å². The van der Waals surface area contributed by atoms with Crippen LogP contribution >= 0.6 is 11.8 Å². The molecule has 1 heterocycles. The van der Waals surface area contributed by atoms with Gasteiger partial charge in [0, 0.05) is 11.8 Å². The van der Waals surface area contributed by atoms with Gasteiger partial charge in [0.15, 0.2) is 5.82 Å². The number of hydrogen-bond acceptors (Lipinski definition) is 5. The van der Waals surface area contributed by atoms with Crippen LogP contribution in [-0.4, -0.2) is 28.2 Å². The van der Waals surface area contributed by atoms with Crippen molar-refractivity contribution < 1.29 is 0 Å². The van der Waals surface area contributed by atoms with E-state index in [1.54, 1.807) is 17.8 Å². The molecule has 1 aromatic rings. The number of anilines is 1. The van der Waals surface area contributed by atoms with E-state index >= 15 is 0 Å². The van der Waals surface area contributed by atoms with Crippen molar-refractivity contribution in [2.24, 2.45) is 0 Å². The van der Waals surface area contributed by atoms with Gasteiger partial charge in [-0.3, -0.25) is 0 Å². The lowest BCUT2D eigenvalue weighted by atomic mass is 10.2. The van der Waals surface area contributed by atoms with Crippen LogP contribution in [0.4, 0.5) is 5.82 Å². The lowest BCUT2D eigenvalue weighted by Crippen LogP contribution is -2.22. The summed E-state index contributed by atoms with van der Waals surface area (Å²) in [4.78, 5) is 0. The number of nitriles is 1. The molecule has 0 aliphatic heterocycles. The van der Waals surface area contributed by atoms with E-state index in [1.807, 2.05) is 0 Å². The zero-order chi connectivity index (χ0) is 11.1. The van der Waals surface area contributed by atoms with E-state index in [0.717, 1.165) is 12.2 Å². The van der Waals surface area contributed by atoms with Crippen molar-refractivity contribution in [3.8, 4) is 6.07 Å². The van der Waals surface area contributed by atoms with Crippen LogP contribution in [-0.2, 0) is 0 Å². The van der Waals surface area contributed by atoms with Gasteiger partial charge in [-0.2, -0.15) is 22.1 Å². The molecule has 0 fully saturated rings. The van der Waals surface area contributed by atoms with E-state index < -0.39 is 0 Å². The van der Waals surface area contributed by atoms with Gasteiger partial charge in [0.1, 0.15) is 6.07 Å². The summed E-state index contributed by atoms with van der Waals surface area (Å²) >= 11 is 1.77. The highest BCUT2D eigenvalue weighted by molar-refractivity contribution is 7.98. The first-order chi connectivity index (χ1) is 7.31. The van der Waals surface area contributed by atoms with Crippen LogP contribution in [0.15, 0.2) is 12.3 Å². The summed E-state index contributed by atoms with van der Waals surface area (Å²) in [6.07, 6.45) is 4.59. The molecule has 15 heavy (non-hydrogen) atoms. The molecule has 0 saturated carbocycles. The molecule has 0 saturated heterocycles. The Morgan fingerprint density at radius 1 is 1.67 bits per heavy atom. The van der Waals surface area contributed by atoms with Crippen LogP contribution < -0.4 is 5.32 Å². The van der Waals surface area contributed by atoms with Gasteiger partial charge in [0.2, 0.25) is 0 Å². The third kappa shape index (κ3) is 3.40. The predicted molar refractivity (Wildman–Crippen MR) is 62.8 cm³/mol. The smallest absolute Gasteiger partial charge is 0.166 e. The number of aromatic nitrogens is 2. The molecule has 0 aliphatic rings. The Hall–Kier alpha value is -1.28. The topological polar surface area (TPSA) is 61.6 Å². The fourth-order valence-corrected chi connectivity index (χ4v) is 1.91. The van der Waals surface area contributed by atoms with Gasteiger partial charge in [0.05, 0.1) is 11.8 Å². The van der Waals surface area contributed by atoms with Gasteiger partial charge in [-0.1, -0.05) is 6.92 Å². The summed E-state index contributed by atoms with van der Waals surface area (Å²) in [5.74, 6) is 1.58. The molecule has 0 aromatic carbocycles. The molecule has 1 unspecified atom stereocenters. The van der Waals surface area contributed by atoms with E-state index in [2.05, 4.69) is 34.8 Å². The van der Waals surface area contributed by atoms with Gasteiger partial charge >= 0.3 is 0 Å². The molecule has 1 rings (SSSR count). The van der Waals surface area contributed by atoms with Crippen molar-refractivity contribution in [2.45, 2.75) is 19.4 Å². The summed E-state index contributed by atoms with van der Waals surface area (Å²) in [6, 6.07) is 4.10. The molecule has 1 aromatic heterocycles. The van der Waals surface area contributed by atoms with E-state index in [-0.39, 0.29) is 0 Å². The summed E-state index contributed by atoms with van der Waals surface area (Å²) in [7, 11) is 0. The summed E-state index contributed by atoms with van der Waals surface area (Å²) in [5.41, 5.74) is 0.546. The SMILES string of the molecule is CCC(CSC)Nc1nnccc1C#N. The minimum Gasteiger partial charge on any atom is -0.364 e. The fraction of sp³-hybridized carbons (Fsp3) is 0.500. The molecular weight excluding hydrogens is 208 g/mol. The Kier molecular flexibility index (Phi) is 4.91. The minimum atomic E-state index is 0.337. The van der Waals surface area contributed by atoms with Crippen molar-refractivity contribution in [2.75, 3.05) is 17.3 Å². The zero-order valence-corrected chi connectivity index (χ0v) is 9.71. The monoisotopic (exact) mass is 222 g/mol. The quantitative estimate of drug-likeness (QED) is 0.824. The van der Waals surface area contributed by atoms with Crippen LogP contribution in [0.5, 0.6) is 0 Å². The van der Waals surface area contributed by atoms with Crippen LogP contribution in [0.25, 0.3) is 0 Å². The Labute approximate surface area is 94.1 Å². The number of rotatable bonds is 5. The average Bonchev–Trinajstić information content (AvgIpc) is 2.29. The standard InChI is InChI=1S/C10H14N4S/c1-3-9(7-15-2)13-10-8(6-11)4-5-12-14-10/h4-5,9H,3,7H2,1-2H3,(H,13,14). The van der Waals surface area contributed by atoms with Crippen molar-refractivity contribution in [3.63, 3.8) is 0 Å². The maximum Gasteiger partial charge on any atom is 0.166 e. The third-order valence-corrected chi connectivity index (χ3v) is 2.78. The lowest BCUT2D eigenvalue weighted by Gasteiger charge is -2.16. The summed E-state index contributed by atoms with van der Waals surface area (Å²) in [6.45, 7) is 2.11. The van der Waals surface area contributed by atoms with Gasteiger partial charge < -0.3 is 5.32 Å². The van der Waals surface area contributed by atoms with Crippen molar-refractivity contribution in [1.82, 2.24) is 10.2 Å². The average molecular weight is 222 g/mol. The van der Waals surface area contributed by atoms with Crippen LogP contribution in [0.3, 0.4) is 0 Å². The second-order valence-corrected chi connectivity index (χ2v) is 4.02. The van der Waals surface area contributed by atoms with Gasteiger partial charge in [0.25, 0.3) is 0 Å². The highest BCUT2D eigenvalue weighted by Crippen LogP contribution is 2.13. The number of hydrogen-bond donors (Lipinski definition) is 1. The van der Waals surface area contributed by atoms with Crippen LogP contribution in [0, 0.1) is 11.3 Å². The summed E-state index contributed by atoms with van der Waals surface area (Å²) < 4.78 is 0. The zero-order valence-electron chi connectivity index (χ0n) is 8.90. The molecule has 1 N–H and O–H groups in total. The van der Waals surface area contributed by atoms with Crippen molar-refractivity contribution in [3.05, 3.63) is 17.8 Å². The largest absolute Gasteiger partial charge is 0.364 e. The van der Waals surface area contributed by atoms with Gasteiger partial charge in [-0.15, -0.1) is 5.10 Å². The molecule has 80 valence electrons. The molecule has 0 bridgehead atoms. The molecule has 5 heteroatoms. The first-order valence-electron chi connectivity index (χ1n) is 4.79. The Morgan fingerprint density at radius 3 is 3.07 bits per heavy atom. The predicted octanol–water partition coefficient (Wildman–Crippen LogP) is 1.90. The summed E-state index contributed by atoms with van der Waals surface area (Å²) in [5, 5.41) is 19.8. The first kappa shape index (κ1) is 11.8. The Morgan fingerprint density at radius 2 is 2.47 bits per heavy atom. The molecule has 0 aliphatic carbocycles. The van der Waals surface area contributed by atoms with Crippen LogP contribution in [0.1, 0.15) is 18.9 Å². The second-order valence-electron chi connectivity index (χ2n) is 3.11. The molecule has 0 spiro atoms. The third-order valence-electron chi connectivity index (χ3n) is 2.04. The van der Waals surface area contributed by atoms with E-state index in [9.17, 15) is 0 Å². The van der Waals surface area contributed by atoms with Crippen molar-refractivity contribution in [1.29, 1.82) is 5.26 Å². The highest BCUT2D eigenvalue weighted by Gasteiger charge is 2.09. The number of nitrogens with one attached hydrogen (secondary N) is 1. The van der Waals surface area contributed by atoms with E-state index in [0.29, 0.717) is 17.4 Å². The van der Waals surface area contributed by atoms with Crippen molar-refractivity contribution >= 4 is 17.6 Å². The molecule has 1 atom stereocenters. The maximum absolute atomic E-state index is 8.87. The number of nitrogens with zero attached hydrogens (tertiary/aromatic N) is 3. The minimum absolute atomic E-state index is 0.337. The Balaban J connectivity index is 2.74. The molecule has 0 radical (unpaired) electrons. The first-order valence-corrected chi connectivity index (χ1v) is 6.18. The second kappa shape index (κ2) is 6.25. The van der Waals surface area contributed by atoms with Gasteiger partial charge in [-0.05, 0) is 18.7 Å². The van der Waals surface area contributed by atoms with Crippen LogP contribution in [0.2, 0.25) is 0 Å². The van der Waals surface area contributed by atoms with Gasteiger partial charge in [-0.25, -0.2) is 0 Å². The Bertz CT molecular complexity index is 348. The molecular formula is C10H14N4S. The molecule has 4 nitrogen and oxygen atoms in total.